The minimum Gasteiger partial charge on any atom is -0.388 e. The van der Waals surface area contributed by atoms with Crippen LogP contribution in [0, 0.1) is 12.3 Å². The second kappa shape index (κ2) is 4.41. The second-order valence-corrected chi connectivity index (χ2v) is 5.80. The molecule has 0 radical (unpaired) electrons. The first-order valence-electron chi connectivity index (χ1n) is 4.98. The fourth-order valence-corrected chi connectivity index (χ4v) is 2.15. The molecule has 0 aliphatic carbocycles. The molecule has 1 heterocycles. The second-order valence-electron chi connectivity index (χ2n) is 4.92. The zero-order valence-electron chi connectivity index (χ0n) is 9.37. The van der Waals surface area contributed by atoms with Gasteiger partial charge in [-0.15, -0.1) is 11.3 Å². The normalized spacial score (nSPS) is 14.4. The van der Waals surface area contributed by atoms with Crippen molar-refractivity contribution in [2.75, 3.05) is 0 Å². The Hall–Kier alpha value is -0.410. The molecule has 0 spiro atoms. The van der Waals surface area contributed by atoms with Gasteiger partial charge in [0.15, 0.2) is 0 Å². The van der Waals surface area contributed by atoms with E-state index in [4.69, 9.17) is 0 Å². The first-order valence-corrected chi connectivity index (χ1v) is 5.86. The van der Waals surface area contributed by atoms with Crippen LogP contribution in [0.3, 0.4) is 0 Å². The van der Waals surface area contributed by atoms with Gasteiger partial charge in [0.05, 0.1) is 22.2 Å². The third-order valence-electron chi connectivity index (χ3n) is 2.25. The number of rotatable bonds is 3. The molecule has 1 rings (SSSR count). The van der Waals surface area contributed by atoms with E-state index in [9.17, 15) is 5.11 Å². The molecule has 2 nitrogen and oxygen atoms in total. The van der Waals surface area contributed by atoms with Crippen LogP contribution in [0.2, 0.25) is 0 Å². The molecule has 3 heteroatoms. The van der Waals surface area contributed by atoms with Gasteiger partial charge in [-0.2, -0.15) is 0 Å². The SMILES string of the molecule is Cc1ncsc1C(O)CCC(C)(C)C. The van der Waals surface area contributed by atoms with Gasteiger partial charge >= 0.3 is 0 Å². The van der Waals surface area contributed by atoms with Crippen LogP contribution in [-0.2, 0) is 0 Å². The number of aromatic nitrogens is 1. The third kappa shape index (κ3) is 3.39. The van der Waals surface area contributed by atoms with Gasteiger partial charge in [-0.25, -0.2) is 4.98 Å². The van der Waals surface area contributed by atoms with Crippen molar-refractivity contribution < 1.29 is 5.11 Å². The Morgan fingerprint density at radius 2 is 2.14 bits per heavy atom. The molecule has 0 fully saturated rings. The molecule has 0 amide bonds. The predicted molar refractivity (Wildman–Crippen MR) is 60.5 cm³/mol. The quantitative estimate of drug-likeness (QED) is 0.835. The van der Waals surface area contributed by atoms with E-state index in [-0.39, 0.29) is 6.10 Å². The van der Waals surface area contributed by atoms with E-state index in [1.807, 2.05) is 6.92 Å². The highest BCUT2D eigenvalue weighted by Crippen LogP contribution is 2.30. The Kier molecular flexibility index (Phi) is 3.67. The molecule has 0 bridgehead atoms. The van der Waals surface area contributed by atoms with E-state index in [0.717, 1.165) is 23.4 Å². The number of aryl methyl sites for hydroxylation is 1. The summed E-state index contributed by atoms with van der Waals surface area (Å²) in [7, 11) is 0. The average Bonchev–Trinajstić information content (AvgIpc) is 2.46. The molecule has 0 saturated heterocycles. The molecule has 0 aliphatic rings. The van der Waals surface area contributed by atoms with Crippen molar-refractivity contribution in [1.82, 2.24) is 4.98 Å². The van der Waals surface area contributed by atoms with Crippen LogP contribution in [-0.4, -0.2) is 10.1 Å². The summed E-state index contributed by atoms with van der Waals surface area (Å²) in [4.78, 5) is 5.16. The minimum absolute atomic E-state index is 0.291. The summed E-state index contributed by atoms with van der Waals surface area (Å²) in [5.41, 5.74) is 3.06. The van der Waals surface area contributed by atoms with Crippen LogP contribution in [0.15, 0.2) is 5.51 Å². The van der Waals surface area contributed by atoms with E-state index < -0.39 is 0 Å². The van der Waals surface area contributed by atoms with E-state index >= 15 is 0 Å². The lowest BCUT2D eigenvalue weighted by Crippen LogP contribution is -2.08. The van der Waals surface area contributed by atoms with Crippen molar-refractivity contribution in [3.05, 3.63) is 16.1 Å². The average molecular weight is 213 g/mol. The highest BCUT2D eigenvalue weighted by Gasteiger charge is 2.17. The van der Waals surface area contributed by atoms with Crippen molar-refractivity contribution in [3.63, 3.8) is 0 Å². The lowest BCUT2D eigenvalue weighted by atomic mass is 9.89. The summed E-state index contributed by atoms with van der Waals surface area (Å²) in [6.45, 7) is 8.53. The van der Waals surface area contributed by atoms with Gasteiger partial charge in [0, 0.05) is 0 Å². The monoisotopic (exact) mass is 213 g/mol. The smallest absolute Gasteiger partial charge is 0.0901 e. The summed E-state index contributed by atoms with van der Waals surface area (Å²) in [5.74, 6) is 0. The lowest BCUT2D eigenvalue weighted by molar-refractivity contribution is 0.150. The van der Waals surface area contributed by atoms with Crippen molar-refractivity contribution in [2.24, 2.45) is 5.41 Å². The van der Waals surface area contributed by atoms with Gasteiger partial charge in [0.25, 0.3) is 0 Å². The first-order chi connectivity index (χ1) is 6.40. The zero-order valence-corrected chi connectivity index (χ0v) is 10.2. The van der Waals surface area contributed by atoms with Crippen LogP contribution in [0.1, 0.15) is 50.3 Å². The Bertz CT molecular complexity index is 288. The van der Waals surface area contributed by atoms with Gasteiger partial charge < -0.3 is 5.11 Å². The molecule has 0 saturated carbocycles. The van der Waals surface area contributed by atoms with Crippen LogP contribution >= 0.6 is 11.3 Å². The Labute approximate surface area is 90.0 Å². The zero-order chi connectivity index (χ0) is 10.8. The van der Waals surface area contributed by atoms with Gasteiger partial charge in [-0.1, -0.05) is 20.8 Å². The van der Waals surface area contributed by atoms with E-state index in [0.29, 0.717) is 5.41 Å². The molecule has 80 valence electrons. The molecular weight excluding hydrogens is 194 g/mol. The molecule has 1 unspecified atom stereocenters. The van der Waals surface area contributed by atoms with E-state index in [1.165, 1.54) is 0 Å². The molecule has 1 aromatic heterocycles. The maximum Gasteiger partial charge on any atom is 0.0901 e. The van der Waals surface area contributed by atoms with Crippen molar-refractivity contribution in [3.8, 4) is 0 Å². The first kappa shape index (κ1) is 11.7. The summed E-state index contributed by atoms with van der Waals surface area (Å²) in [5, 5.41) is 9.92. The van der Waals surface area contributed by atoms with E-state index in [1.54, 1.807) is 16.8 Å². The van der Waals surface area contributed by atoms with Crippen LogP contribution in [0.25, 0.3) is 0 Å². The van der Waals surface area contributed by atoms with Crippen molar-refractivity contribution >= 4 is 11.3 Å². The summed E-state index contributed by atoms with van der Waals surface area (Å²) in [6.07, 6.45) is 1.53. The van der Waals surface area contributed by atoms with Crippen LogP contribution in [0.4, 0.5) is 0 Å². The third-order valence-corrected chi connectivity index (χ3v) is 3.29. The van der Waals surface area contributed by atoms with Crippen molar-refractivity contribution in [1.29, 1.82) is 0 Å². The Balaban J connectivity index is 2.51. The fourth-order valence-electron chi connectivity index (χ4n) is 1.33. The van der Waals surface area contributed by atoms with Crippen LogP contribution < -0.4 is 0 Å². The van der Waals surface area contributed by atoms with Gasteiger partial charge in [-0.3, -0.25) is 0 Å². The predicted octanol–water partition coefficient (Wildman–Crippen LogP) is 3.31. The lowest BCUT2D eigenvalue weighted by Gasteiger charge is -2.19. The molecule has 1 aromatic rings. The highest BCUT2D eigenvalue weighted by atomic mass is 32.1. The van der Waals surface area contributed by atoms with Gasteiger partial charge in [0.2, 0.25) is 0 Å². The maximum absolute atomic E-state index is 9.92. The van der Waals surface area contributed by atoms with Gasteiger partial charge in [0.1, 0.15) is 0 Å². The molecule has 0 aliphatic heterocycles. The molecule has 1 atom stereocenters. The van der Waals surface area contributed by atoms with Crippen LogP contribution in [0.5, 0.6) is 0 Å². The summed E-state index contributed by atoms with van der Waals surface area (Å²) >= 11 is 1.55. The minimum atomic E-state index is -0.332. The van der Waals surface area contributed by atoms with E-state index in [2.05, 4.69) is 25.8 Å². The standard InChI is InChI=1S/C11H19NOS/c1-8-10(14-7-12-8)9(13)5-6-11(2,3)4/h7,9,13H,5-6H2,1-4H3. The fraction of sp³-hybridized carbons (Fsp3) is 0.727. The topological polar surface area (TPSA) is 33.1 Å². The largest absolute Gasteiger partial charge is 0.388 e. The number of hydrogen-bond acceptors (Lipinski definition) is 3. The Morgan fingerprint density at radius 1 is 1.50 bits per heavy atom. The van der Waals surface area contributed by atoms with Crippen molar-refractivity contribution in [2.45, 2.75) is 46.6 Å². The number of hydrogen-bond donors (Lipinski definition) is 1. The maximum atomic E-state index is 9.92. The highest BCUT2D eigenvalue weighted by molar-refractivity contribution is 7.09. The molecule has 1 N–H and O–H groups in total. The number of nitrogens with zero attached hydrogens (tertiary/aromatic N) is 1. The summed E-state index contributed by atoms with van der Waals surface area (Å²) < 4.78 is 0. The number of thiazole rings is 1. The molecule has 0 aromatic carbocycles. The number of aliphatic hydroxyl groups excluding tert-OH is 1. The van der Waals surface area contributed by atoms with Gasteiger partial charge in [-0.05, 0) is 25.2 Å². The number of aliphatic hydroxyl groups is 1. The summed E-state index contributed by atoms with van der Waals surface area (Å²) in [6, 6.07) is 0. The Morgan fingerprint density at radius 3 is 2.57 bits per heavy atom. The molecule has 14 heavy (non-hydrogen) atoms. The molecular formula is C11H19NOS.